The molecule has 0 aliphatic carbocycles. The van der Waals surface area contributed by atoms with Gasteiger partial charge in [0.15, 0.2) is 0 Å². The molecular weight excluding hydrogens is 140 g/mol. The molecule has 0 bridgehead atoms. The van der Waals surface area contributed by atoms with Crippen molar-refractivity contribution in [2.75, 3.05) is 11.5 Å². The normalized spacial score (nSPS) is 9.45. The van der Waals surface area contributed by atoms with Gasteiger partial charge in [0, 0.05) is 6.42 Å². The summed E-state index contributed by atoms with van der Waals surface area (Å²) in [5, 5.41) is 0. The van der Waals surface area contributed by atoms with Gasteiger partial charge in [0.25, 0.3) is 0 Å². The molecule has 0 unspecified atom stereocenters. The van der Waals surface area contributed by atoms with Crippen molar-refractivity contribution < 1.29 is 4.79 Å². The number of rotatable bonds is 2. The topological polar surface area (TPSA) is 69.1 Å². The van der Waals surface area contributed by atoms with E-state index in [1.165, 1.54) is 0 Å². The quantitative estimate of drug-likeness (QED) is 0.479. The van der Waals surface area contributed by atoms with Crippen LogP contribution in [-0.2, 0) is 11.2 Å². The lowest BCUT2D eigenvalue weighted by molar-refractivity contribution is -0.107. The average Bonchev–Trinajstić information content (AvgIpc) is 1.98. The zero-order chi connectivity index (χ0) is 8.27. The van der Waals surface area contributed by atoms with E-state index in [1.807, 2.05) is 0 Å². The summed E-state index contributed by atoms with van der Waals surface area (Å²) in [5.41, 5.74) is 13.0. The van der Waals surface area contributed by atoms with Gasteiger partial charge in [0.2, 0.25) is 0 Å². The highest BCUT2D eigenvalue weighted by atomic mass is 16.1. The molecule has 0 heterocycles. The minimum Gasteiger partial charge on any atom is -0.397 e. The summed E-state index contributed by atoms with van der Waals surface area (Å²) in [6, 6.07) is 5.21. The molecular formula is C8H10N2O. The molecule has 11 heavy (non-hydrogen) atoms. The fourth-order valence-electron chi connectivity index (χ4n) is 0.847. The monoisotopic (exact) mass is 150 g/mol. The van der Waals surface area contributed by atoms with Crippen LogP contribution >= 0.6 is 0 Å². The van der Waals surface area contributed by atoms with Crippen molar-refractivity contribution in [3.05, 3.63) is 23.8 Å². The Bertz CT molecular complexity index is 271. The van der Waals surface area contributed by atoms with Gasteiger partial charge >= 0.3 is 0 Å². The summed E-state index contributed by atoms with van der Waals surface area (Å²) in [6.07, 6.45) is 1.23. The standard InChI is InChI=1S/C8H10N2O/c9-7-2-1-6(3-4-11)5-8(7)10/h1-2,4-5H,3,9-10H2. The Morgan fingerprint density at radius 1 is 1.27 bits per heavy atom. The smallest absolute Gasteiger partial charge is 0.124 e. The second kappa shape index (κ2) is 3.05. The van der Waals surface area contributed by atoms with Gasteiger partial charge in [-0.15, -0.1) is 0 Å². The van der Waals surface area contributed by atoms with E-state index in [0.717, 1.165) is 11.8 Å². The largest absolute Gasteiger partial charge is 0.397 e. The molecule has 0 radical (unpaired) electrons. The van der Waals surface area contributed by atoms with Crippen molar-refractivity contribution in [3.63, 3.8) is 0 Å². The molecule has 1 rings (SSSR count). The van der Waals surface area contributed by atoms with Gasteiger partial charge in [0.05, 0.1) is 11.4 Å². The minimum atomic E-state index is 0.393. The van der Waals surface area contributed by atoms with Gasteiger partial charge in [-0.2, -0.15) is 0 Å². The fourth-order valence-corrected chi connectivity index (χ4v) is 0.847. The van der Waals surface area contributed by atoms with E-state index in [9.17, 15) is 4.79 Å². The Labute approximate surface area is 65.0 Å². The first-order valence-electron chi connectivity index (χ1n) is 3.31. The molecule has 3 heteroatoms. The van der Waals surface area contributed by atoms with E-state index in [4.69, 9.17) is 11.5 Å². The summed E-state index contributed by atoms with van der Waals surface area (Å²) in [4.78, 5) is 10.1. The van der Waals surface area contributed by atoms with Crippen LogP contribution in [0.2, 0.25) is 0 Å². The molecule has 0 saturated carbocycles. The number of hydrogen-bond acceptors (Lipinski definition) is 3. The molecule has 4 N–H and O–H groups in total. The van der Waals surface area contributed by atoms with Crippen LogP contribution in [0.25, 0.3) is 0 Å². The van der Waals surface area contributed by atoms with Crippen LogP contribution in [-0.4, -0.2) is 6.29 Å². The van der Waals surface area contributed by atoms with Crippen LogP contribution in [0.15, 0.2) is 18.2 Å². The van der Waals surface area contributed by atoms with E-state index in [1.54, 1.807) is 18.2 Å². The molecule has 0 aromatic heterocycles. The summed E-state index contributed by atoms with van der Waals surface area (Å²) in [7, 11) is 0. The van der Waals surface area contributed by atoms with Gasteiger partial charge in [0.1, 0.15) is 6.29 Å². The molecule has 0 fully saturated rings. The second-order valence-corrected chi connectivity index (χ2v) is 2.33. The Morgan fingerprint density at radius 3 is 2.55 bits per heavy atom. The highest BCUT2D eigenvalue weighted by molar-refractivity contribution is 5.66. The summed E-state index contributed by atoms with van der Waals surface area (Å²) < 4.78 is 0. The predicted molar refractivity (Wildman–Crippen MR) is 45.0 cm³/mol. The number of nitrogens with two attached hydrogens (primary N) is 2. The second-order valence-electron chi connectivity index (χ2n) is 2.33. The van der Waals surface area contributed by atoms with Crippen LogP contribution in [0.4, 0.5) is 11.4 Å². The van der Waals surface area contributed by atoms with Crippen molar-refractivity contribution in [1.82, 2.24) is 0 Å². The van der Waals surface area contributed by atoms with Crippen molar-refractivity contribution in [2.45, 2.75) is 6.42 Å². The van der Waals surface area contributed by atoms with Crippen LogP contribution in [0.5, 0.6) is 0 Å². The molecule has 0 amide bonds. The van der Waals surface area contributed by atoms with Crippen LogP contribution < -0.4 is 11.5 Å². The molecule has 58 valence electrons. The van der Waals surface area contributed by atoms with E-state index in [0.29, 0.717) is 17.8 Å². The summed E-state index contributed by atoms with van der Waals surface area (Å²) in [5.74, 6) is 0. The van der Waals surface area contributed by atoms with E-state index in [-0.39, 0.29) is 0 Å². The van der Waals surface area contributed by atoms with Gasteiger partial charge in [-0.05, 0) is 17.7 Å². The maximum Gasteiger partial charge on any atom is 0.124 e. The zero-order valence-electron chi connectivity index (χ0n) is 6.08. The molecule has 0 aliphatic rings. The number of benzene rings is 1. The Kier molecular flexibility index (Phi) is 2.11. The SMILES string of the molecule is Nc1ccc(CC=O)cc1N. The van der Waals surface area contributed by atoms with Crippen molar-refractivity contribution in [2.24, 2.45) is 0 Å². The first-order valence-corrected chi connectivity index (χ1v) is 3.31. The number of nitrogen functional groups attached to an aromatic ring is 2. The third kappa shape index (κ3) is 1.70. The van der Waals surface area contributed by atoms with Gasteiger partial charge in [-0.3, -0.25) is 0 Å². The number of anilines is 2. The van der Waals surface area contributed by atoms with E-state index < -0.39 is 0 Å². The molecule has 0 saturated heterocycles. The number of aldehydes is 1. The third-order valence-electron chi connectivity index (χ3n) is 1.47. The van der Waals surface area contributed by atoms with E-state index in [2.05, 4.69) is 0 Å². The number of carbonyl (C=O) groups is 1. The molecule has 0 aliphatic heterocycles. The Hall–Kier alpha value is -1.51. The molecule has 3 nitrogen and oxygen atoms in total. The average molecular weight is 150 g/mol. The maximum atomic E-state index is 10.1. The number of carbonyl (C=O) groups excluding carboxylic acids is 1. The highest BCUT2D eigenvalue weighted by Crippen LogP contribution is 2.15. The van der Waals surface area contributed by atoms with E-state index >= 15 is 0 Å². The lowest BCUT2D eigenvalue weighted by Gasteiger charge is -2.00. The highest BCUT2D eigenvalue weighted by Gasteiger charge is 1.95. The van der Waals surface area contributed by atoms with Gasteiger partial charge in [-0.1, -0.05) is 6.07 Å². The predicted octanol–water partition coefficient (Wildman–Crippen LogP) is 0.592. The van der Waals surface area contributed by atoms with Crippen molar-refractivity contribution in [3.8, 4) is 0 Å². The third-order valence-corrected chi connectivity index (χ3v) is 1.47. The molecule has 0 spiro atoms. The van der Waals surface area contributed by atoms with Crippen molar-refractivity contribution >= 4 is 17.7 Å². The lowest BCUT2D eigenvalue weighted by Crippen LogP contribution is -1.96. The first kappa shape index (κ1) is 7.60. The Balaban J connectivity index is 2.95. The molecule has 1 aromatic carbocycles. The lowest BCUT2D eigenvalue weighted by atomic mass is 10.1. The van der Waals surface area contributed by atoms with Crippen LogP contribution in [0, 0.1) is 0 Å². The first-order chi connectivity index (χ1) is 5.24. The maximum absolute atomic E-state index is 10.1. The molecule has 1 aromatic rings. The summed E-state index contributed by atoms with van der Waals surface area (Å²) in [6.45, 7) is 0. The van der Waals surface area contributed by atoms with Crippen LogP contribution in [0.3, 0.4) is 0 Å². The molecule has 0 atom stereocenters. The zero-order valence-corrected chi connectivity index (χ0v) is 6.08. The van der Waals surface area contributed by atoms with Crippen molar-refractivity contribution in [1.29, 1.82) is 0 Å². The Morgan fingerprint density at radius 2 is 2.00 bits per heavy atom. The summed E-state index contributed by atoms with van der Waals surface area (Å²) >= 11 is 0. The fraction of sp³-hybridized carbons (Fsp3) is 0.125. The van der Waals surface area contributed by atoms with Gasteiger partial charge in [-0.25, -0.2) is 0 Å². The number of hydrogen-bond donors (Lipinski definition) is 2. The minimum absolute atomic E-state index is 0.393. The van der Waals surface area contributed by atoms with Crippen LogP contribution in [0.1, 0.15) is 5.56 Å². The van der Waals surface area contributed by atoms with Gasteiger partial charge < -0.3 is 16.3 Å².